The first-order valence-corrected chi connectivity index (χ1v) is 9.38. The van der Waals surface area contributed by atoms with E-state index in [1.165, 1.54) is 0 Å². The molecule has 0 saturated carbocycles. The van der Waals surface area contributed by atoms with Crippen LogP contribution in [0.5, 0.6) is 0 Å². The fraction of sp³-hybridized carbons (Fsp3) is 0.667. The van der Waals surface area contributed by atoms with Crippen LogP contribution in [-0.4, -0.2) is 99.5 Å². The quantitative estimate of drug-likeness (QED) is 0.667. The molecule has 0 unspecified atom stereocenters. The first-order chi connectivity index (χ1) is 12.8. The molecule has 144 valence electrons. The number of rotatable bonds is 8. The predicted molar refractivity (Wildman–Crippen MR) is 99.6 cm³/mol. The summed E-state index contributed by atoms with van der Waals surface area (Å²) in [7, 11) is 0. The van der Waals surface area contributed by atoms with Crippen molar-refractivity contribution in [2.45, 2.75) is 0 Å². The van der Waals surface area contributed by atoms with Gasteiger partial charge in [-0.15, -0.1) is 0 Å². The van der Waals surface area contributed by atoms with Crippen molar-refractivity contribution in [3.63, 3.8) is 0 Å². The third-order valence-corrected chi connectivity index (χ3v) is 4.68. The SMILES string of the molecule is O=C(NCCN1CCOCC1)c1cncc(NCCN2CCOCC2)c1. The smallest absolute Gasteiger partial charge is 0.252 e. The molecule has 2 fully saturated rings. The van der Waals surface area contributed by atoms with Crippen molar-refractivity contribution in [1.82, 2.24) is 20.1 Å². The molecule has 2 saturated heterocycles. The van der Waals surface area contributed by atoms with Crippen LogP contribution in [-0.2, 0) is 9.47 Å². The number of amides is 1. The van der Waals surface area contributed by atoms with E-state index in [1.54, 1.807) is 12.4 Å². The summed E-state index contributed by atoms with van der Waals surface area (Å²) in [5, 5.41) is 6.32. The van der Waals surface area contributed by atoms with Crippen LogP contribution < -0.4 is 10.6 Å². The molecule has 0 atom stereocenters. The van der Waals surface area contributed by atoms with Crippen molar-refractivity contribution in [3.05, 3.63) is 24.0 Å². The first-order valence-electron chi connectivity index (χ1n) is 9.38. The van der Waals surface area contributed by atoms with Crippen molar-refractivity contribution >= 4 is 11.6 Å². The summed E-state index contributed by atoms with van der Waals surface area (Å²) in [6.07, 6.45) is 3.36. The number of nitrogens with zero attached hydrogens (tertiary/aromatic N) is 3. The van der Waals surface area contributed by atoms with Gasteiger partial charge in [-0.05, 0) is 6.07 Å². The van der Waals surface area contributed by atoms with Crippen molar-refractivity contribution in [3.8, 4) is 0 Å². The summed E-state index contributed by atoms with van der Waals surface area (Å²) in [6, 6.07) is 1.86. The van der Waals surface area contributed by atoms with E-state index in [2.05, 4.69) is 25.4 Å². The summed E-state index contributed by atoms with van der Waals surface area (Å²) in [6.45, 7) is 10.2. The molecule has 0 bridgehead atoms. The van der Waals surface area contributed by atoms with E-state index in [-0.39, 0.29) is 5.91 Å². The number of ether oxygens (including phenoxy) is 2. The summed E-state index contributed by atoms with van der Waals surface area (Å²) >= 11 is 0. The Hall–Kier alpha value is -1.74. The summed E-state index contributed by atoms with van der Waals surface area (Å²) in [5.41, 5.74) is 1.46. The molecular weight excluding hydrogens is 334 g/mol. The Morgan fingerprint density at radius 3 is 2.23 bits per heavy atom. The monoisotopic (exact) mass is 363 g/mol. The Morgan fingerprint density at radius 1 is 0.962 bits per heavy atom. The third-order valence-electron chi connectivity index (χ3n) is 4.68. The van der Waals surface area contributed by atoms with Gasteiger partial charge in [-0.3, -0.25) is 19.6 Å². The maximum Gasteiger partial charge on any atom is 0.252 e. The fourth-order valence-corrected chi connectivity index (χ4v) is 3.10. The molecule has 2 N–H and O–H groups in total. The van der Waals surface area contributed by atoms with Crippen LogP contribution in [0.25, 0.3) is 0 Å². The van der Waals surface area contributed by atoms with E-state index < -0.39 is 0 Å². The molecule has 8 heteroatoms. The molecule has 0 radical (unpaired) electrons. The lowest BCUT2D eigenvalue weighted by molar-refractivity contribution is 0.0383. The zero-order chi connectivity index (χ0) is 18.0. The van der Waals surface area contributed by atoms with Crippen LogP contribution in [0.15, 0.2) is 18.5 Å². The lowest BCUT2D eigenvalue weighted by Gasteiger charge is -2.26. The zero-order valence-electron chi connectivity index (χ0n) is 15.3. The lowest BCUT2D eigenvalue weighted by atomic mass is 10.2. The minimum atomic E-state index is -0.0809. The average molecular weight is 363 g/mol. The van der Waals surface area contributed by atoms with Gasteiger partial charge in [-0.25, -0.2) is 0 Å². The van der Waals surface area contributed by atoms with Crippen LogP contribution in [0, 0.1) is 0 Å². The number of morpholine rings is 2. The number of hydrogen-bond acceptors (Lipinski definition) is 7. The number of aromatic nitrogens is 1. The molecule has 1 aromatic rings. The van der Waals surface area contributed by atoms with E-state index in [9.17, 15) is 4.79 Å². The largest absolute Gasteiger partial charge is 0.382 e. The van der Waals surface area contributed by atoms with Crippen molar-refractivity contribution in [2.24, 2.45) is 0 Å². The van der Waals surface area contributed by atoms with Gasteiger partial charge in [0.1, 0.15) is 0 Å². The first kappa shape index (κ1) is 19.0. The van der Waals surface area contributed by atoms with Gasteiger partial charge < -0.3 is 20.1 Å². The Kier molecular flexibility index (Phi) is 7.63. The van der Waals surface area contributed by atoms with E-state index in [0.717, 1.165) is 77.9 Å². The molecule has 26 heavy (non-hydrogen) atoms. The highest BCUT2D eigenvalue weighted by molar-refractivity contribution is 5.94. The molecule has 0 aliphatic carbocycles. The molecule has 3 rings (SSSR count). The number of nitrogens with one attached hydrogen (secondary N) is 2. The highest BCUT2D eigenvalue weighted by Gasteiger charge is 2.12. The van der Waals surface area contributed by atoms with Gasteiger partial charge in [0.25, 0.3) is 5.91 Å². The highest BCUT2D eigenvalue weighted by atomic mass is 16.5. The number of carbonyl (C=O) groups is 1. The van der Waals surface area contributed by atoms with Gasteiger partial charge in [-0.1, -0.05) is 0 Å². The van der Waals surface area contributed by atoms with Gasteiger partial charge in [0.05, 0.1) is 37.7 Å². The second kappa shape index (κ2) is 10.4. The minimum absolute atomic E-state index is 0.0809. The standard InChI is InChI=1S/C18H29N5O3/c24-18(21-2-4-23-7-11-26-12-8-23)16-13-17(15-19-14-16)20-1-3-22-5-9-25-10-6-22/h13-15,20H,1-12H2,(H,21,24). The molecule has 3 heterocycles. The minimum Gasteiger partial charge on any atom is -0.382 e. The molecule has 0 aromatic carbocycles. The number of hydrogen-bond donors (Lipinski definition) is 2. The topological polar surface area (TPSA) is 79.0 Å². The van der Waals surface area contributed by atoms with Gasteiger partial charge in [0.15, 0.2) is 0 Å². The molecule has 8 nitrogen and oxygen atoms in total. The van der Waals surface area contributed by atoms with Crippen LogP contribution in [0.3, 0.4) is 0 Å². The van der Waals surface area contributed by atoms with Gasteiger partial charge in [0.2, 0.25) is 0 Å². The Morgan fingerprint density at radius 2 is 1.58 bits per heavy atom. The molecular formula is C18H29N5O3. The molecule has 1 amide bonds. The maximum atomic E-state index is 12.3. The van der Waals surface area contributed by atoms with E-state index >= 15 is 0 Å². The third kappa shape index (κ3) is 6.21. The second-order valence-electron chi connectivity index (χ2n) is 6.55. The van der Waals surface area contributed by atoms with Gasteiger partial charge in [0, 0.05) is 64.8 Å². The zero-order valence-corrected chi connectivity index (χ0v) is 15.3. The van der Waals surface area contributed by atoms with Crippen LogP contribution >= 0.6 is 0 Å². The molecule has 0 spiro atoms. The maximum absolute atomic E-state index is 12.3. The van der Waals surface area contributed by atoms with Crippen molar-refractivity contribution in [1.29, 1.82) is 0 Å². The van der Waals surface area contributed by atoms with Crippen LogP contribution in [0.2, 0.25) is 0 Å². The van der Waals surface area contributed by atoms with Gasteiger partial charge in [-0.2, -0.15) is 0 Å². The fourth-order valence-electron chi connectivity index (χ4n) is 3.10. The van der Waals surface area contributed by atoms with Crippen LogP contribution in [0.1, 0.15) is 10.4 Å². The van der Waals surface area contributed by atoms with Crippen molar-refractivity contribution < 1.29 is 14.3 Å². The molecule has 1 aromatic heterocycles. The number of anilines is 1. The number of pyridine rings is 1. The Balaban J connectivity index is 1.38. The molecule has 2 aliphatic rings. The van der Waals surface area contributed by atoms with Crippen LogP contribution in [0.4, 0.5) is 5.69 Å². The van der Waals surface area contributed by atoms with E-state index in [0.29, 0.717) is 12.1 Å². The summed E-state index contributed by atoms with van der Waals surface area (Å²) < 4.78 is 10.7. The summed E-state index contributed by atoms with van der Waals surface area (Å²) in [4.78, 5) is 21.2. The lowest BCUT2D eigenvalue weighted by Crippen LogP contribution is -2.41. The van der Waals surface area contributed by atoms with E-state index in [1.807, 2.05) is 6.07 Å². The average Bonchev–Trinajstić information content (AvgIpc) is 2.70. The highest BCUT2D eigenvalue weighted by Crippen LogP contribution is 2.08. The normalized spacial score (nSPS) is 19.2. The van der Waals surface area contributed by atoms with Gasteiger partial charge >= 0.3 is 0 Å². The summed E-state index contributed by atoms with van der Waals surface area (Å²) in [5.74, 6) is -0.0809. The Labute approximate surface area is 154 Å². The number of carbonyl (C=O) groups excluding carboxylic acids is 1. The van der Waals surface area contributed by atoms with E-state index in [4.69, 9.17) is 9.47 Å². The van der Waals surface area contributed by atoms with Crippen molar-refractivity contribution in [2.75, 3.05) is 84.1 Å². The molecule has 2 aliphatic heterocycles. The predicted octanol–water partition coefficient (Wildman–Crippen LogP) is -0.112. The Bertz CT molecular complexity index is 560. The second-order valence-corrected chi connectivity index (χ2v) is 6.55.